The Balaban J connectivity index is 1.36. The molecule has 9 rings (SSSR count). The minimum absolute atomic E-state index is 0.809. The normalized spacial score (nSPS) is 11.6. The molecule has 0 fully saturated rings. The van der Waals surface area contributed by atoms with Gasteiger partial charge in [0.25, 0.3) is 5.82 Å². The highest BCUT2D eigenvalue weighted by Crippen LogP contribution is 2.35. The lowest BCUT2D eigenvalue weighted by Gasteiger charge is -2.12. The van der Waals surface area contributed by atoms with Gasteiger partial charge in [-0.3, -0.25) is 4.57 Å². The minimum atomic E-state index is 0.809. The maximum atomic E-state index is 5.21. The molecule has 0 unspecified atom stereocenters. The van der Waals surface area contributed by atoms with Gasteiger partial charge < -0.3 is 4.98 Å². The van der Waals surface area contributed by atoms with Crippen molar-refractivity contribution in [1.29, 1.82) is 0 Å². The van der Waals surface area contributed by atoms with E-state index in [0.717, 1.165) is 78.6 Å². The van der Waals surface area contributed by atoms with Crippen LogP contribution in [0.4, 0.5) is 0 Å². The molecule has 0 aliphatic carbocycles. The average molecular weight is 580 g/mol. The van der Waals surface area contributed by atoms with Crippen molar-refractivity contribution < 1.29 is 4.57 Å². The SMILES string of the molecule is c1ccc(-n2c(-c3cc(-c4nc5ccccc5[nH]4)cc(-c4[nH]c5ccccc5[n+]4-c4ccccc4)c3)nc3ccccc32)cc1. The maximum absolute atomic E-state index is 5.21. The van der Waals surface area contributed by atoms with Gasteiger partial charge in [0.2, 0.25) is 0 Å². The molecule has 6 aromatic carbocycles. The fourth-order valence-electron chi connectivity index (χ4n) is 6.30. The van der Waals surface area contributed by atoms with Crippen LogP contribution in [0.15, 0.2) is 152 Å². The van der Waals surface area contributed by atoms with Gasteiger partial charge in [0, 0.05) is 16.8 Å². The molecule has 0 atom stereocenters. The van der Waals surface area contributed by atoms with Crippen molar-refractivity contribution in [3.05, 3.63) is 152 Å². The predicted octanol–water partition coefficient (Wildman–Crippen LogP) is 8.66. The molecule has 9 aromatic rings. The number of hydrogen-bond acceptors (Lipinski definition) is 2. The highest BCUT2D eigenvalue weighted by Gasteiger charge is 2.25. The van der Waals surface area contributed by atoms with E-state index in [1.165, 1.54) is 0 Å². The third kappa shape index (κ3) is 4.23. The van der Waals surface area contributed by atoms with E-state index in [-0.39, 0.29) is 0 Å². The molecule has 3 aromatic heterocycles. The summed E-state index contributed by atoms with van der Waals surface area (Å²) in [4.78, 5) is 17.5. The Morgan fingerprint density at radius 1 is 0.511 bits per heavy atom. The number of fused-ring (bicyclic) bond motifs is 3. The van der Waals surface area contributed by atoms with Gasteiger partial charge in [0.15, 0.2) is 11.0 Å². The van der Waals surface area contributed by atoms with E-state index in [1.807, 2.05) is 36.4 Å². The Labute approximate surface area is 258 Å². The Bertz CT molecular complexity index is 2320. The van der Waals surface area contributed by atoms with E-state index in [0.29, 0.717) is 0 Å². The largest absolute Gasteiger partial charge is 0.338 e. The molecule has 0 aliphatic heterocycles. The summed E-state index contributed by atoms with van der Waals surface area (Å²) in [6.07, 6.45) is 0. The molecule has 0 spiro atoms. The number of nitrogens with one attached hydrogen (secondary N) is 2. The van der Waals surface area contributed by atoms with E-state index >= 15 is 0 Å². The summed E-state index contributed by atoms with van der Waals surface area (Å²) in [5.41, 5.74) is 11.2. The van der Waals surface area contributed by atoms with Crippen LogP contribution in [-0.2, 0) is 0 Å². The Kier molecular flexibility index (Phi) is 5.71. The van der Waals surface area contributed by atoms with Crippen molar-refractivity contribution in [1.82, 2.24) is 24.5 Å². The first kappa shape index (κ1) is 25.2. The van der Waals surface area contributed by atoms with Crippen molar-refractivity contribution in [3.63, 3.8) is 0 Å². The van der Waals surface area contributed by atoms with Gasteiger partial charge in [-0.1, -0.05) is 72.8 Å². The smallest absolute Gasteiger partial charge is 0.292 e. The topological polar surface area (TPSA) is 66.2 Å². The van der Waals surface area contributed by atoms with Crippen LogP contribution in [-0.4, -0.2) is 24.5 Å². The predicted molar refractivity (Wildman–Crippen MR) is 180 cm³/mol. The third-order valence-electron chi connectivity index (χ3n) is 8.34. The summed E-state index contributed by atoms with van der Waals surface area (Å²) in [5, 5.41) is 0. The van der Waals surface area contributed by atoms with Gasteiger partial charge in [-0.05, 0) is 78.9 Å². The summed E-state index contributed by atoms with van der Waals surface area (Å²) in [7, 11) is 0. The van der Waals surface area contributed by atoms with Crippen LogP contribution in [0.1, 0.15) is 0 Å². The maximum Gasteiger partial charge on any atom is 0.292 e. The molecule has 6 nitrogen and oxygen atoms in total. The Hall–Kier alpha value is -6.27. The van der Waals surface area contributed by atoms with E-state index in [1.54, 1.807) is 0 Å². The van der Waals surface area contributed by atoms with Gasteiger partial charge >= 0.3 is 0 Å². The highest BCUT2D eigenvalue weighted by molar-refractivity contribution is 5.87. The fourth-order valence-corrected chi connectivity index (χ4v) is 6.30. The molecule has 3 heterocycles. The molecule has 45 heavy (non-hydrogen) atoms. The van der Waals surface area contributed by atoms with Crippen LogP contribution in [0.3, 0.4) is 0 Å². The number of imidazole rings is 3. The standard InChI is InChI=1S/C39H26N6/c1-3-13-29(14-4-1)44-35-21-11-9-19-33(35)42-38(44)27-23-26(37-40-31-17-7-8-18-32(31)41-37)24-28(25-27)39-43-34-20-10-12-22-36(34)45(39)30-15-5-2-6-16-30/h1-25H,(H,40,41)/p+1. The van der Waals surface area contributed by atoms with Crippen molar-refractivity contribution in [2.45, 2.75) is 0 Å². The molecule has 0 radical (unpaired) electrons. The summed E-state index contributed by atoms with van der Waals surface area (Å²) >= 11 is 0. The number of para-hydroxylation sites is 8. The van der Waals surface area contributed by atoms with E-state index in [4.69, 9.17) is 9.97 Å². The summed E-state index contributed by atoms with van der Waals surface area (Å²) in [5.74, 6) is 2.65. The van der Waals surface area contributed by atoms with E-state index < -0.39 is 0 Å². The molecule has 212 valence electrons. The first-order chi connectivity index (χ1) is 22.3. The first-order valence-electron chi connectivity index (χ1n) is 15.0. The molecule has 0 bridgehead atoms. The van der Waals surface area contributed by atoms with E-state index in [9.17, 15) is 0 Å². The number of aromatic nitrogens is 6. The second-order valence-corrected chi connectivity index (χ2v) is 11.2. The number of benzene rings is 6. The number of nitrogens with zero attached hydrogens (tertiary/aromatic N) is 4. The second-order valence-electron chi connectivity index (χ2n) is 11.2. The third-order valence-corrected chi connectivity index (χ3v) is 8.34. The van der Waals surface area contributed by atoms with Crippen molar-refractivity contribution >= 4 is 33.1 Å². The second kappa shape index (κ2) is 10.2. The fraction of sp³-hybridized carbons (Fsp3) is 0. The molecule has 2 N–H and O–H groups in total. The lowest BCUT2D eigenvalue weighted by molar-refractivity contribution is -0.554. The minimum Gasteiger partial charge on any atom is -0.338 e. The highest BCUT2D eigenvalue weighted by atomic mass is 15.1. The Morgan fingerprint density at radius 2 is 1.16 bits per heavy atom. The summed E-state index contributed by atoms with van der Waals surface area (Å²) in [6, 6.07) is 52.4. The van der Waals surface area contributed by atoms with Crippen molar-refractivity contribution in [2.24, 2.45) is 0 Å². The Morgan fingerprint density at radius 3 is 1.98 bits per heavy atom. The molecule has 0 saturated heterocycles. The van der Waals surface area contributed by atoms with Crippen molar-refractivity contribution in [2.75, 3.05) is 0 Å². The zero-order valence-electron chi connectivity index (χ0n) is 24.2. The summed E-state index contributed by atoms with van der Waals surface area (Å²) < 4.78 is 4.53. The van der Waals surface area contributed by atoms with Crippen LogP contribution in [0, 0.1) is 0 Å². The molecule has 0 saturated carbocycles. The van der Waals surface area contributed by atoms with E-state index in [2.05, 4.69) is 134 Å². The van der Waals surface area contributed by atoms with Gasteiger partial charge in [-0.15, -0.1) is 0 Å². The lowest BCUT2D eigenvalue weighted by atomic mass is 10.0. The quantitative estimate of drug-likeness (QED) is 0.200. The van der Waals surface area contributed by atoms with Gasteiger partial charge in [0.1, 0.15) is 17.3 Å². The molecular formula is C39H27N6+. The summed E-state index contributed by atoms with van der Waals surface area (Å²) in [6.45, 7) is 0. The number of hydrogen-bond donors (Lipinski definition) is 2. The van der Waals surface area contributed by atoms with Crippen LogP contribution in [0.2, 0.25) is 0 Å². The number of H-pyrrole nitrogens is 2. The lowest BCUT2D eigenvalue weighted by Crippen LogP contribution is -2.31. The van der Waals surface area contributed by atoms with Crippen LogP contribution in [0.25, 0.3) is 78.6 Å². The monoisotopic (exact) mass is 579 g/mol. The number of rotatable bonds is 5. The average Bonchev–Trinajstić information content (AvgIpc) is 3.82. The van der Waals surface area contributed by atoms with Crippen molar-refractivity contribution in [3.8, 4) is 45.5 Å². The van der Waals surface area contributed by atoms with Crippen LogP contribution < -0.4 is 4.57 Å². The number of aromatic amines is 2. The van der Waals surface area contributed by atoms with Gasteiger partial charge in [-0.25, -0.2) is 15.0 Å². The van der Waals surface area contributed by atoms with Crippen LogP contribution in [0.5, 0.6) is 0 Å². The van der Waals surface area contributed by atoms with Gasteiger partial charge in [-0.2, -0.15) is 4.57 Å². The van der Waals surface area contributed by atoms with Crippen LogP contribution >= 0.6 is 0 Å². The first-order valence-corrected chi connectivity index (χ1v) is 15.0. The molecular weight excluding hydrogens is 552 g/mol. The zero-order chi connectivity index (χ0) is 29.7. The zero-order valence-corrected chi connectivity index (χ0v) is 24.2. The molecule has 0 aliphatic rings. The molecule has 0 amide bonds. The van der Waals surface area contributed by atoms with Gasteiger partial charge in [0.05, 0.1) is 27.6 Å². The molecule has 6 heteroatoms.